The maximum absolute atomic E-state index is 14.2. The van der Waals surface area contributed by atoms with Crippen LogP contribution in [0.15, 0.2) is 35.3 Å². The Bertz CT molecular complexity index is 2090. The van der Waals surface area contributed by atoms with Crippen LogP contribution >= 0.6 is 35.3 Å². The Morgan fingerprint density at radius 2 is 1.14 bits per heavy atom. The third-order valence-electron chi connectivity index (χ3n) is 10.4. The molecular formula is C46H75N13O11S3. The molecule has 1 aromatic carbocycles. The lowest BCUT2D eigenvalue weighted by Crippen LogP contribution is -2.60. The zero-order valence-electron chi connectivity index (χ0n) is 42.3. The van der Waals surface area contributed by atoms with Crippen LogP contribution in [0.1, 0.15) is 85.6 Å². The molecule has 0 radical (unpaired) electrons. The fraction of sp³-hybridized carbons (Fsp3) is 0.630. The Labute approximate surface area is 438 Å². The third-order valence-corrected chi connectivity index (χ3v) is 14.1. The number of carbonyl (C=O) groups is 10. The largest absolute Gasteiger partial charge is 0.481 e. The molecule has 0 aliphatic carbocycles. The SMILES string of the molecule is CC(C)(C)SC[C@@H]1NC(=O)[C@H](CCCCN)NC(=O)CSC[C@@H](C(N)=O)NC(=O)[C@H](Cc2ccccc2)NC(=O)[C@H](CSC(C)(C)C)NC(=O)[C@H](CC(=O)O)NC(=O)CNC(=O)[C@H](CCCN=C(N)N)NC1=O. The van der Waals surface area contributed by atoms with Gasteiger partial charge in [0.1, 0.15) is 42.3 Å². The molecule has 1 aliphatic heterocycles. The van der Waals surface area contributed by atoms with Crippen molar-refractivity contribution in [2.45, 2.75) is 138 Å². The molecule has 0 saturated carbocycles. The van der Waals surface area contributed by atoms with Gasteiger partial charge in [-0.25, -0.2) is 0 Å². The Morgan fingerprint density at radius 1 is 0.644 bits per heavy atom. The molecular weight excluding hydrogens is 1010 g/mol. The minimum Gasteiger partial charge on any atom is -0.481 e. The van der Waals surface area contributed by atoms with Crippen LogP contribution in [0, 0.1) is 0 Å². The van der Waals surface area contributed by atoms with E-state index in [-0.39, 0.29) is 61.2 Å². The number of thioether (sulfide) groups is 3. The quantitative estimate of drug-likeness (QED) is 0.0443. The summed E-state index contributed by atoms with van der Waals surface area (Å²) in [5.41, 5.74) is 23.0. The first-order valence-corrected chi connectivity index (χ1v) is 26.8. The third kappa shape index (κ3) is 26.6. The van der Waals surface area contributed by atoms with E-state index < -0.39 is 124 Å². The maximum atomic E-state index is 14.2. The molecule has 24 nitrogen and oxygen atoms in total. The van der Waals surface area contributed by atoms with Gasteiger partial charge in [0.15, 0.2) is 5.96 Å². The number of benzene rings is 1. The summed E-state index contributed by atoms with van der Waals surface area (Å²) in [6.45, 7) is 10.8. The van der Waals surface area contributed by atoms with Gasteiger partial charge >= 0.3 is 5.97 Å². The number of nitrogens with two attached hydrogens (primary N) is 4. The number of aliphatic imine (C=N–C) groups is 1. The lowest BCUT2D eigenvalue weighted by molar-refractivity contribution is -0.141. The highest BCUT2D eigenvalue weighted by Gasteiger charge is 2.35. The standard InChI is InChI=1S/C46H75N13O11S3/c1-45(2,3)72-23-32-42(69)55-27(16-12-18-51-44(49)50)38(65)52-21-34(60)54-30(20-36(62)63)41(68)59-33(24-73-46(4,5)6)43(70)56-29(19-26-13-8-7-9-14-26)40(67)57-31(37(48)64)22-71-25-35(61)53-28(39(66)58-32)15-10-11-17-47/h7-9,13-14,27-33H,10-12,15-25,47H2,1-6H3,(H2,48,64)(H,52,65)(H,53,61)(H,54,60)(H,55,69)(H,56,70)(H,57,67)(H,58,66)(H,59,68)(H,62,63)(H4,49,50,51)/t27-,28-,29-,30-,31-,32-,33-/m0/s1. The fourth-order valence-electron chi connectivity index (χ4n) is 6.61. The number of unbranched alkanes of at least 4 members (excludes halogenated alkanes) is 1. The predicted molar refractivity (Wildman–Crippen MR) is 283 cm³/mol. The Hall–Kier alpha value is -5.80. The van der Waals surface area contributed by atoms with Crippen molar-refractivity contribution in [1.29, 1.82) is 0 Å². The normalized spacial score (nSPS) is 23.1. The maximum Gasteiger partial charge on any atom is 0.305 e. The molecule has 408 valence electrons. The first-order chi connectivity index (χ1) is 34.2. The summed E-state index contributed by atoms with van der Waals surface area (Å²) in [5.74, 6) is -10.1. The van der Waals surface area contributed by atoms with Crippen molar-refractivity contribution in [1.82, 2.24) is 42.5 Å². The number of amides is 9. The number of guanidine groups is 1. The minimum atomic E-state index is -1.78. The van der Waals surface area contributed by atoms with Gasteiger partial charge in [0.05, 0.1) is 18.7 Å². The highest BCUT2D eigenvalue weighted by Crippen LogP contribution is 2.25. The van der Waals surface area contributed by atoms with E-state index in [2.05, 4.69) is 47.5 Å². The van der Waals surface area contributed by atoms with Gasteiger partial charge in [0.2, 0.25) is 53.2 Å². The number of carboxylic acid groups (broad SMARTS) is 1. The molecule has 1 saturated heterocycles. The summed E-state index contributed by atoms with van der Waals surface area (Å²) in [5, 5.41) is 30.3. The summed E-state index contributed by atoms with van der Waals surface area (Å²) < 4.78 is -0.875. The van der Waals surface area contributed by atoms with E-state index in [0.717, 1.165) is 11.8 Å². The second kappa shape index (κ2) is 31.7. The molecule has 0 unspecified atom stereocenters. The molecule has 73 heavy (non-hydrogen) atoms. The van der Waals surface area contributed by atoms with E-state index in [1.165, 1.54) is 23.5 Å². The predicted octanol–water partition coefficient (Wildman–Crippen LogP) is -2.31. The van der Waals surface area contributed by atoms with Gasteiger partial charge in [0, 0.05) is 39.7 Å². The van der Waals surface area contributed by atoms with Crippen LogP contribution in [0.25, 0.3) is 0 Å². The fourth-order valence-corrected chi connectivity index (χ4v) is 9.28. The van der Waals surface area contributed by atoms with Gasteiger partial charge in [-0.15, -0.1) is 11.8 Å². The average Bonchev–Trinajstić information content (AvgIpc) is 3.29. The van der Waals surface area contributed by atoms with Crippen molar-refractivity contribution in [3.63, 3.8) is 0 Å². The molecule has 0 aromatic heterocycles. The summed E-state index contributed by atoms with van der Waals surface area (Å²) in [4.78, 5) is 140. The smallest absolute Gasteiger partial charge is 0.305 e. The lowest BCUT2D eigenvalue weighted by atomic mass is 10.0. The summed E-state index contributed by atoms with van der Waals surface area (Å²) in [6.07, 6.45) is 0.0775. The number of carboxylic acids is 1. The van der Waals surface area contributed by atoms with Crippen molar-refractivity contribution in [3.05, 3.63) is 35.9 Å². The first-order valence-electron chi connectivity index (χ1n) is 23.7. The van der Waals surface area contributed by atoms with Crippen LogP contribution in [0.4, 0.5) is 0 Å². The molecule has 0 bridgehead atoms. The van der Waals surface area contributed by atoms with Crippen molar-refractivity contribution in [3.8, 4) is 0 Å². The molecule has 2 rings (SSSR count). The van der Waals surface area contributed by atoms with Crippen molar-refractivity contribution < 1.29 is 53.1 Å². The number of nitrogens with one attached hydrogen (secondary N) is 8. The highest BCUT2D eigenvalue weighted by molar-refractivity contribution is 8.01. The van der Waals surface area contributed by atoms with Gasteiger partial charge in [-0.1, -0.05) is 71.9 Å². The number of hydrogen-bond acceptors (Lipinski definition) is 15. The molecule has 27 heteroatoms. The van der Waals surface area contributed by atoms with E-state index in [1.807, 2.05) is 41.5 Å². The Morgan fingerprint density at radius 3 is 1.67 bits per heavy atom. The number of aliphatic carboxylic acids is 1. The van der Waals surface area contributed by atoms with Crippen LogP contribution < -0.4 is 65.5 Å². The van der Waals surface area contributed by atoms with Crippen LogP contribution in [0.3, 0.4) is 0 Å². The molecule has 1 aliphatic rings. The first kappa shape index (κ1) is 63.3. The molecule has 7 atom stereocenters. The zero-order chi connectivity index (χ0) is 54.9. The van der Waals surface area contributed by atoms with Gasteiger partial charge in [0.25, 0.3) is 0 Å². The lowest BCUT2D eigenvalue weighted by Gasteiger charge is -2.28. The van der Waals surface area contributed by atoms with Crippen molar-refractivity contribution >= 4 is 100 Å². The number of nitrogens with zero attached hydrogens (tertiary/aromatic N) is 1. The van der Waals surface area contributed by atoms with Crippen LogP contribution in [-0.4, -0.2) is 165 Å². The number of hydrogen-bond donors (Lipinski definition) is 13. The highest BCUT2D eigenvalue weighted by atomic mass is 32.2. The summed E-state index contributed by atoms with van der Waals surface area (Å²) in [6, 6.07) is -1.16. The van der Waals surface area contributed by atoms with Gasteiger partial charge in [-0.2, -0.15) is 23.5 Å². The van der Waals surface area contributed by atoms with Crippen LogP contribution in [-0.2, 0) is 54.4 Å². The Kier molecular flexibility index (Phi) is 27.5. The second-order valence-corrected chi connectivity index (χ2v) is 23.8. The number of primary amides is 1. The Balaban J connectivity index is 2.71. The molecule has 1 heterocycles. The van der Waals surface area contributed by atoms with Gasteiger partial charge in [-0.05, 0) is 44.2 Å². The van der Waals surface area contributed by atoms with Crippen molar-refractivity contribution in [2.24, 2.45) is 27.9 Å². The number of rotatable bonds is 17. The van der Waals surface area contributed by atoms with E-state index in [0.29, 0.717) is 24.9 Å². The van der Waals surface area contributed by atoms with Gasteiger partial charge in [-0.3, -0.25) is 52.9 Å². The van der Waals surface area contributed by atoms with E-state index in [4.69, 9.17) is 22.9 Å². The summed E-state index contributed by atoms with van der Waals surface area (Å²) in [7, 11) is 0. The topological polar surface area (TPSA) is 404 Å². The molecule has 1 fully saturated rings. The zero-order valence-corrected chi connectivity index (χ0v) is 44.8. The molecule has 17 N–H and O–H groups in total. The van der Waals surface area contributed by atoms with E-state index in [1.54, 1.807) is 30.3 Å². The molecule has 0 spiro atoms. The summed E-state index contributed by atoms with van der Waals surface area (Å²) >= 11 is 3.51. The van der Waals surface area contributed by atoms with Crippen LogP contribution in [0.2, 0.25) is 0 Å². The van der Waals surface area contributed by atoms with E-state index >= 15 is 0 Å². The average molecular weight is 1080 g/mol. The van der Waals surface area contributed by atoms with Crippen LogP contribution in [0.5, 0.6) is 0 Å². The molecule has 1 aromatic rings. The van der Waals surface area contributed by atoms with Crippen molar-refractivity contribution in [2.75, 3.05) is 42.6 Å². The monoisotopic (exact) mass is 1080 g/mol. The number of carbonyl (C=O) groups excluding carboxylic acids is 9. The second-order valence-electron chi connectivity index (χ2n) is 19.0. The minimum absolute atomic E-state index is 0.0153. The van der Waals surface area contributed by atoms with Gasteiger partial charge < -0.3 is 70.6 Å². The molecule has 9 amide bonds. The van der Waals surface area contributed by atoms with E-state index in [9.17, 15) is 53.1 Å².